The van der Waals surface area contributed by atoms with Crippen LogP contribution < -0.4 is 0 Å². The number of aromatic carboxylic acids is 1. The number of carboxylic acids is 1. The van der Waals surface area contributed by atoms with Crippen molar-refractivity contribution < 1.29 is 9.90 Å². The molecule has 1 aliphatic rings. The first-order valence-electron chi connectivity index (χ1n) is 6.99. The zero-order valence-electron chi connectivity index (χ0n) is 12.2. The molecule has 0 bridgehead atoms. The van der Waals surface area contributed by atoms with E-state index >= 15 is 0 Å². The van der Waals surface area contributed by atoms with Crippen molar-refractivity contribution in [3.05, 3.63) is 11.4 Å². The number of aromatic nitrogens is 3. The number of hydrogen-bond donors (Lipinski definition) is 1. The lowest BCUT2D eigenvalue weighted by molar-refractivity contribution is 0.0687. The second-order valence-electron chi connectivity index (χ2n) is 6.71. The van der Waals surface area contributed by atoms with Crippen molar-refractivity contribution in [2.75, 3.05) is 0 Å². The van der Waals surface area contributed by atoms with Crippen LogP contribution in [0.15, 0.2) is 0 Å². The van der Waals surface area contributed by atoms with Gasteiger partial charge in [0.2, 0.25) is 0 Å². The summed E-state index contributed by atoms with van der Waals surface area (Å²) < 4.78 is 1.87. The lowest BCUT2D eigenvalue weighted by atomic mass is 9.85. The van der Waals surface area contributed by atoms with E-state index in [0.29, 0.717) is 12.0 Å². The molecule has 5 nitrogen and oxygen atoms in total. The molecule has 1 heterocycles. The van der Waals surface area contributed by atoms with Gasteiger partial charge < -0.3 is 5.11 Å². The van der Waals surface area contributed by atoms with Gasteiger partial charge in [-0.15, -0.1) is 5.10 Å². The van der Waals surface area contributed by atoms with Crippen molar-refractivity contribution >= 4 is 5.97 Å². The molecule has 106 valence electrons. The van der Waals surface area contributed by atoms with Crippen LogP contribution in [0.1, 0.15) is 75.6 Å². The summed E-state index contributed by atoms with van der Waals surface area (Å²) in [5.74, 6) is -0.316. The summed E-state index contributed by atoms with van der Waals surface area (Å²) in [7, 11) is 0. The van der Waals surface area contributed by atoms with Gasteiger partial charge in [-0.2, -0.15) is 0 Å². The molecule has 2 unspecified atom stereocenters. The minimum atomic E-state index is -0.986. The number of rotatable bonds is 2. The van der Waals surface area contributed by atoms with E-state index < -0.39 is 5.97 Å². The largest absolute Gasteiger partial charge is 0.476 e. The highest BCUT2D eigenvalue weighted by atomic mass is 16.4. The van der Waals surface area contributed by atoms with Crippen LogP contribution in [0.2, 0.25) is 0 Å². The highest BCUT2D eigenvalue weighted by Gasteiger charge is 2.33. The second-order valence-corrected chi connectivity index (χ2v) is 6.71. The van der Waals surface area contributed by atoms with Gasteiger partial charge in [-0.05, 0) is 18.8 Å². The lowest BCUT2D eigenvalue weighted by Crippen LogP contribution is -2.27. The predicted molar refractivity (Wildman–Crippen MR) is 72.4 cm³/mol. The molecule has 0 radical (unpaired) electrons. The van der Waals surface area contributed by atoms with E-state index in [1.165, 1.54) is 12.8 Å². The highest BCUT2D eigenvalue weighted by Crippen LogP contribution is 2.35. The Morgan fingerprint density at radius 2 is 2.05 bits per heavy atom. The van der Waals surface area contributed by atoms with E-state index in [4.69, 9.17) is 0 Å². The minimum Gasteiger partial charge on any atom is -0.476 e. The maximum atomic E-state index is 11.3. The Balaban J connectivity index is 2.43. The van der Waals surface area contributed by atoms with Gasteiger partial charge in [0.25, 0.3) is 0 Å². The molecule has 0 aromatic carbocycles. The van der Waals surface area contributed by atoms with Gasteiger partial charge in [-0.25, -0.2) is 9.48 Å². The topological polar surface area (TPSA) is 68.0 Å². The van der Waals surface area contributed by atoms with Crippen LogP contribution in [0, 0.1) is 5.92 Å². The van der Waals surface area contributed by atoms with Gasteiger partial charge >= 0.3 is 5.97 Å². The first-order valence-corrected chi connectivity index (χ1v) is 6.99. The van der Waals surface area contributed by atoms with Crippen molar-refractivity contribution in [2.24, 2.45) is 5.92 Å². The lowest BCUT2D eigenvalue weighted by Gasteiger charge is -2.30. The Morgan fingerprint density at radius 1 is 1.37 bits per heavy atom. The average molecular weight is 265 g/mol. The molecule has 19 heavy (non-hydrogen) atoms. The van der Waals surface area contributed by atoms with Crippen LogP contribution in [0.3, 0.4) is 0 Å². The SMILES string of the molecule is CC1CCCC(n2nnc(C(=O)O)c2C(C)(C)C)C1. The molecule has 0 saturated heterocycles. The normalized spacial score (nSPS) is 24.4. The molecule has 2 rings (SSSR count). The Hall–Kier alpha value is -1.39. The predicted octanol–water partition coefficient (Wildman–Crippen LogP) is 3.03. The van der Waals surface area contributed by atoms with E-state index in [2.05, 4.69) is 17.2 Å². The van der Waals surface area contributed by atoms with Gasteiger partial charge in [0, 0.05) is 5.41 Å². The average Bonchev–Trinajstić information content (AvgIpc) is 2.73. The molecule has 5 heteroatoms. The quantitative estimate of drug-likeness (QED) is 0.892. The van der Waals surface area contributed by atoms with Gasteiger partial charge in [-0.3, -0.25) is 0 Å². The zero-order valence-corrected chi connectivity index (χ0v) is 12.2. The molecule has 2 atom stereocenters. The second kappa shape index (κ2) is 4.94. The fourth-order valence-electron chi connectivity index (χ4n) is 3.02. The third kappa shape index (κ3) is 2.80. The molecule has 0 spiro atoms. The van der Waals surface area contributed by atoms with Gasteiger partial charge in [0.1, 0.15) is 0 Å². The van der Waals surface area contributed by atoms with Crippen LogP contribution in [-0.2, 0) is 5.41 Å². The number of nitrogens with zero attached hydrogens (tertiary/aromatic N) is 3. The van der Waals surface area contributed by atoms with Gasteiger partial charge in [0.05, 0.1) is 11.7 Å². The van der Waals surface area contributed by atoms with Crippen LogP contribution in [0.4, 0.5) is 0 Å². The molecule has 1 fully saturated rings. The van der Waals surface area contributed by atoms with Crippen LogP contribution in [-0.4, -0.2) is 26.1 Å². The zero-order chi connectivity index (χ0) is 14.2. The molecular formula is C14H23N3O2. The number of hydrogen-bond acceptors (Lipinski definition) is 3. The summed E-state index contributed by atoms with van der Waals surface area (Å²) in [6.45, 7) is 8.29. The van der Waals surface area contributed by atoms with Crippen LogP contribution in [0.5, 0.6) is 0 Å². The summed E-state index contributed by atoms with van der Waals surface area (Å²) in [6.07, 6.45) is 4.56. The van der Waals surface area contributed by atoms with Crippen molar-refractivity contribution in [1.29, 1.82) is 0 Å². The molecule has 0 amide bonds. The van der Waals surface area contributed by atoms with E-state index in [1.807, 2.05) is 25.5 Å². The Labute approximate surface area is 114 Å². The molecular weight excluding hydrogens is 242 g/mol. The Bertz CT molecular complexity index is 474. The Kier molecular flexibility index (Phi) is 3.65. The molecule has 1 aliphatic carbocycles. The fourth-order valence-corrected chi connectivity index (χ4v) is 3.02. The molecule has 1 aromatic rings. The van der Waals surface area contributed by atoms with E-state index in [-0.39, 0.29) is 11.1 Å². The van der Waals surface area contributed by atoms with Crippen molar-refractivity contribution in [1.82, 2.24) is 15.0 Å². The standard InChI is InChI=1S/C14H23N3O2/c1-9-6-5-7-10(8-9)17-12(14(2,3)4)11(13(18)19)15-16-17/h9-10H,5-8H2,1-4H3,(H,18,19). The maximum Gasteiger partial charge on any atom is 0.358 e. The van der Waals surface area contributed by atoms with E-state index in [0.717, 1.165) is 18.5 Å². The molecule has 1 N–H and O–H groups in total. The number of carboxylic acid groups (broad SMARTS) is 1. The Morgan fingerprint density at radius 3 is 2.58 bits per heavy atom. The van der Waals surface area contributed by atoms with Crippen LogP contribution >= 0.6 is 0 Å². The van der Waals surface area contributed by atoms with Crippen LogP contribution in [0.25, 0.3) is 0 Å². The summed E-state index contributed by atoms with van der Waals surface area (Å²) >= 11 is 0. The van der Waals surface area contributed by atoms with Crippen molar-refractivity contribution in [3.8, 4) is 0 Å². The monoisotopic (exact) mass is 265 g/mol. The van der Waals surface area contributed by atoms with E-state index in [1.54, 1.807) is 0 Å². The van der Waals surface area contributed by atoms with E-state index in [9.17, 15) is 9.90 Å². The molecule has 0 aliphatic heterocycles. The third-order valence-corrected chi connectivity index (χ3v) is 3.86. The first-order chi connectivity index (χ1) is 8.80. The number of carbonyl (C=O) groups is 1. The summed E-state index contributed by atoms with van der Waals surface area (Å²) in [5, 5.41) is 17.3. The van der Waals surface area contributed by atoms with Crippen molar-refractivity contribution in [3.63, 3.8) is 0 Å². The molecule has 1 aromatic heterocycles. The van der Waals surface area contributed by atoms with Gasteiger partial charge in [0.15, 0.2) is 5.69 Å². The summed E-state index contributed by atoms with van der Waals surface area (Å²) in [6, 6.07) is 0.290. The smallest absolute Gasteiger partial charge is 0.358 e. The van der Waals surface area contributed by atoms with Crippen molar-refractivity contribution in [2.45, 2.75) is 64.8 Å². The fraction of sp³-hybridized carbons (Fsp3) is 0.786. The summed E-state index contributed by atoms with van der Waals surface area (Å²) in [5.41, 5.74) is 0.586. The minimum absolute atomic E-state index is 0.103. The van der Waals surface area contributed by atoms with Gasteiger partial charge in [-0.1, -0.05) is 45.7 Å². The highest BCUT2D eigenvalue weighted by molar-refractivity contribution is 5.86. The first kappa shape index (κ1) is 14.0. The third-order valence-electron chi connectivity index (χ3n) is 3.86. The maximum absolute atomic E-state index is 11.3. The molecule has 1 saturated carbocycles. The summed E-state index contributed by atoms with van der Waals surface area (Å²) in [4.78, 5) is 11.3.